The summed E-state index contributed by atoms with van der Waals surface area (Å²) >= 11 is 0. The molecular formula is C29H31FN4O2. The van der Waals surface area contributed by atoms with Crippen LogP contribution in [0.2, 0.25) is 0 Å². The average molecular weight is 487 g/mol. The minimum atomic E-state index is -0.339. The monoisotopic (exact) mass is 486 g/mol. The standard InChI is InChI=1S/C29H31FN4O2/c1-16-14-34(15-17(2)31-16)27(35)13-22-18(3)26(32-19(22)4)12-23-28-21(20-8-5-6-10-24(20)30)9-7-11-25(28)33-29(23)36/h5-12,16-17,31-32H,13-15H2,1-4H3,(H,33,36)/t16-,17+. The number of aromatic amines is 1. The van der Waals surface area contributed by atoms with Crippen LogP contribution in [0.1, 0.15) is 41.9 Å². The summed E-state index contributed by atoms with van der Waals surface area (Å²) < 4.78 is 14.7. The molecule has 1 aromatic heterocycles. The van der Waals surface area contributed by atoms with Crippen molar-refractivity contribution in [3.8, 4) is 11.1 Å². The zero-order valence-electron chi connectivity index (χ0n) is 21.0. The molecule has 186 valence electrons. The number of fused-ring (bicyclic) bond motifs is 1. The summed E-state index contributed by atoms with van der Waals surface area (Å²) in [5, 5.41) is 6.37. The molecule has 2 atom stereocenters. The van der Waals surface area contributed by atoms with Crippen LogP contribution >= 0.6 is 0 Å². The Labute approximate surface area is 210 Å². The maximum Gasteiger partial charge on any atom is 0.256 e. The molecule has 3 heterocycles. The van der Waals surface area contributed by atoms with Crippen LogP contribution < -0.4 is 10.6 Å². The van der Waals surface area contributed by atoms with Crippen molar-refractivity contribution in [1.29, 1.82) is 0 Å². The van der Waals surface area contributed by atoms with Gasteiger partial charge in [0.15, 0.2) is 0 Å². The number of carbonyl (C=O) groups excluding carboxylic acids is 2. The van der Waals surface area contributed by atoms with E-state index in [2.05, 4.69) is 29.5 Å². The summed E-state index contributed by atoms with van der Waals surface area (Å²) in [5.74, 6) is -0.471. The Bertz CT molecular complexity index is 1380. The molecule has 36 heavy (non-hydrogen) atoms. The molecular weight excluding hydrogens is 455 g/mol. The van der Waals surface area contributed by atoms with Gasteiger partial charge >= 0.3 is 0 Å². The maximum atomic E-state index is 14.7. The Morgan fingerprint density at radius 2 is 1.75 bits per heavy atom. The normalized spacial score (nSPS) is 20.5. The van der Waals surface area contributed by atoms with Crippen LogP contribution in [0.25, 0.3) is 22.8 Å². The third-order valence-electron chi connectivity index (χ3n) is 7.15. The van der Waals surface area contributed by atoms with Crippen molar-refractivity contribution in [1.82, 2.24) is 15.2 Å². The minimum Gasteiger partial charge on any atom is -0.359 e. The number of anilines is 1. The third-order valence-corrected chi connectivity index (χ3v) is 7.15. The lowest BCUT2D eigenvalue weighted by Gasteiger charge is -2.36. The maximum absolute atomic E-state index is 14.7. The lowest BCUT2D eigenvalue weighted by Crippen LogP contribution is -2.56. The first-order valence-corrected chi connectivity index (χ1v) is 12.4. The number of benzene rings is 2. The summed E-state index contributed by atoms with van der Waals surface area (Å²) in [6, 6.07) is 12.6. The summed E-state index contributed by atoms with van der Waals surface area (Å²) in [6.07, 6.45) is 2.12. The van der Waals surface area contributed by atoms with E-state index in [-0.39, 0.29) is 29.7 Å². The highest BCUT2D eigenvalue weighted by molar-refractivity contribution is 6.36. The summed E-state index contributed by atoms with van der Waals surface area (Å²) in [5.41, 5.74) is 6.49. The number of aromatic nitrogens is 1. The number of nitrogens with zero attached hydrogens (tertiary/aromatic N) is 1. The Hall–Kier alpha value is -3.71. The van der Waals surface area contributed by atoms with Crippen LogP contribution in [0.5, 0.6) is 0 Å². The molecule has 5 rings (SSSR count). The molecule has 0 bridgehead atoms. The highest BCUT2D eigenvalue weighted by Gasteiger charge is 2.29. The zero-order valence-corrected chi connectivity index (χ0v) is 21.0. The van der Waals surface area contributed by atoms with E-state index in [4.69, 9.17) is 0 Å². The molecule has 3 aromatic rings. The van der Waals surface area contributed by atoms with Gasteiger partial charge in [-0.2, -0.15) is 0 Å². The van der Waals surface area contributed by atoms with E-state index < -0.39 is 0 Å². The number of nitrogens with one attached hydrogen (secondary N) is 3. The number of halogens is 1. The molecule has 6 nitrogen and oxygen atoms in total. The van der Waals surface area contributed by atoms with Gasteiger partial charge in [0.1, 0.15) is 5.82 Å². The fourth-order valence-corrected chi connectivity index (χ4v) is 5.45. The molecule has 0 saturated carbocycles. The van der Waals surface area contributed by atoms with Gasteiger partial charge in [0.05, 0.1) is 12.0 Å². The molecule has 1 fully saturated rings. The van der Waals surface area contributed by atoms with Gasteiger partial charge in [0.25, 0.3) is 5.91 Å². The predicted molar refractivity (Wildman–Crippen MR) is 141 cm³/mol. The summed E-state index contributed by atoms with van der Waals surface area (Å²) in [6.45, 7) is 9.49. The highest BCUT2D eigenvalue weighted by Crippen LogP contribution is 2.41. The topological polar surface area (TPSA) is 77.2 Å². The first kappa shape index (κ1) is 24.0. The Balaban J connectivity index is 1.50. The second-order valence-corrected chi connectivity index (χ2v) is 9.93. The number of hydrogen-bond donors (Lipinski definition) is 3. The van der Waals surface area contributed by atoms with E-state index >= 15 is 0 Å². The van der Waals surface area contributed by atoms with Crippen LogP contribution in [0.3, 0.4) is 0 Å². The van der Waals surface area contributed by atoms with Crippen molar-refractivity contribution in [3.63, 3.8) is 0 Å². The van der Waals surface area contributed by atoms with E-state index in [0.29, 0.717) is 47.5 Å². The van der Waals surface area contributed by atoms with Crippen LogP contribution in [0.15, 0.2) is 42.5 Å². The number of hydrogen-bond acceptors (Lipinski definition) is 3. The zero-order chi connectivity index (χ0) is 25.6. The number of piperazine rings is 1. The van der Waals surface area contributed by atoms with E-state index in [0.717, 1.165) is 22.5 Å². The van der Waals surface area contributed by atoms with Crippen LogP contribution in [0, 0.1) is 19.7 Å². The summed E-state index contributed by atoms with van der Waals surface area (Å²) in [7, 11) is 0. The molecule has 0 radical (unpaired) electrons. The second kappa shape index (κ2) is 9.39. The smallest absolute Gasteiger partial charge is 0.256 e. The molecule has 3 N–H and O–H groups in total. The lowest BCUT2D eigenvalue weighted by molar-refractivity contribution is -0.132. The third kappa shape index (κ3) is 4.35. The number of carbonyl (C=O) groups is 2. The molecule has 0 aliphatic carbocycles. The largest absolute Gasteiger partial charge is 0.359 e. The van der Waals surface area contributed by atoms with Crippen molar-refractivity contribution in [2.75, 3.05) is 18.4 Å². The quantitative estimate of drug-likeness (QED) is 0.469. The molecule has 2 amide bonds. The number of aryl methyl sites for hydroxylation is 1. The highest BCUT2D eigenvalue weighted by atomic mass is 19.1. The van der Waals surface area contributed by atoms with Gasteiger partial charge in [-0.1, -0.05) is 30.3 Å². The van der Waals surface area contributed by atoms with E-state index in [1.807, 2.05) is 43.0 Å². The van der Waals surface area contributed by atoms with Crippen molar-refractivity contribution < 1.29 is 14.0 Å². The molecule has 0 unspecified atom stereocenters. The second-order valence-electron chi connectivity index (χ2n) is 9.93. The van der Waals surface area contributed by atoms with Gasteiger partial charge in [-0.3, -0.25) is 9.59 Å². The van der Waals surface area contributed by atoms with Gasteiger partial charge in [0, 0.05) is 53.4 Å². The molecule has 7 heteroatoms. The molecule has 2 aromatic carbocycles. The Kier molecular flexibility index (Phi) is 6.26. The average Bonchev–Trinajstić information content (AvgIpc) is 3.29. The fraction of sp³-hybridized carbons (Fsp3) is 0.310. The first-order valence-electron chi connectivity index (χ1n) is 12.4. The predicted octanol–water partition coefficient (Wildman–Crippen LogP) is 4.68. The molecule has 2 aliphatic heterocycles. The van der Waals surface area contributed by atoms with E-state index in [1.165, 1.54) is 6.07 Å². The van der Waals surface area contributed by atoms with Crippen LogP contribution in [-0.4, -0.2) is 46.9 Å². The van der Waals surface area contributed by atoms with Crippen LogP contribution in [-0.2, 0) is 16.0 Å². The molecule has 2 aliphatic rings. The number of rotatable bonds is 4. The SMILES string of the molecule is Cc1[nH]c(C=C2C(=O)Nc3cccc(-c4ccccc4F)c32)c(C)c1CC(=O)N1C[C@@H](C)N[C@@H](C)C1. The number of H-pyrrole nitrogens is 1. The minimum absolute atomic E-state index is 0.102. The van der Waals surface area contributed by atoms with E-state index in [1.54, 1.807) is 18.2 Å². The van der Waals surface area contributed by atoms with Gasteiger partial charge in [-0.15, -0.1) is 0 Å². The summed E-state index contributed by atoms with van der Waals surface area (Å²) in [4.78, 5) is 31.4. The van der Waals surface area contributed by atoms with Crippen molar-refractivity contribution >= 4 is 29.2 Å². The van der Waals surface area contributed by atoms with Crippen molar-refractivity contribution in [2.45, 2.75) is 46.2 Å². The van der Waals surface area contributed by atoms with E-state index in [9.17, 15) is 14.0 Å². The van der Waals surface area contributed by atoms with Crippen molar-refractivity contribution in [2.24, 2.45) is 0 Å². The lowest BCUT2D eigenvalue weighted by atomic mass is 9.93. The molecule has 1 saturated heterocycles. The Morgan fingerprint density at radius 3 is 2.47 bits per heavy atom. The van der Waals surface area contributed by atoms with Crippen molar-refractivity contribution in [3.05, 3.63) is 76.4 Å². The fourth-order valence-electron chi connectivity index (χ4n) is 5.45. The van der Waals surface area contributed by atoms with Gasteiger partial charge < -0.3 is 20.5 Å². The van der Waals surface area contributed by atoms with Gasteiger partial charge in [-0.05, 0) is 62.6 Å². The first-order chi connectivity index (χ1) is 17.2. The number of amides is 2. The Morgan fingerprint density at radius 1 is 1.06 bits per heavy atom. The van der Waals surface area contributed by atoms with Gasteiger partial charge in [-0.25, -0.2) is 4.39 Å². The van der Waals surface area contributed by atoms with Gasteiger partial charge in [0.2, 0.25) is 5.91 Å². The van der Waals surface area contributed by atoms with Crippen LogP contribution in [0.4, 0.5) is 10.1 Å². The molecule has 0 spiro atoms.